The minimum absolute atomic E-state index is 0.127. The van der Waals surface area contributed by atoms with Crippen molar-refractivity contribution in [3.05, 3.63) is 34.9 Å². The molecule has 7 heteroatoms. The van der Waals surface area contributed by atoms with Gasteiger partial charge >= 0.3 is 5.97 Å². The molecule has 0 radical (unpaired) electrons. The molecule has 1 aliphatic carbocycles. The van der Waals surface area contributed by atoms with Gasteiger partial charge in [0.1, 0.15) is 0 Å². The maximum Gasteiger partial charge on any atom is 0.330 e. The number of halogens is 1. The van der Waals surface area contributed by atoms with Crippen molar-refractivity contribution in [3.8, 4) is 0 Å². The first-order chi connectivity index (χ1) is 12.0. The number of likely N-dealkylation sites (tertiary alicyclic amines) is 1. The van der Waals surface area contributed by atoms with Crippen LogP contribution in [0.4, 0.5) is 0 Å². The number of carbonyl (C=O) groups excluding carboxylic acids is 2. The maximum absolute atomic E-state index is 12.6. The Balaban J connectivity index is 1.65. The molecule has 1 aromatic rings. The van der Waals surface area contributed by atoms with Crippen molar-refractivity contribution in [2.24, 2.45) is 11.8 Å². The lowest BCUT2D eigenvalue weighted by molar-refractivity contribution is -0.144. The lowest BCUT2D eigenvalue weighted by Gasteiger charge is -2.32. The van der Waals surface area contributed by atoms with Gasteiger partial charge in [-0.05, 0) is 43.4 Å². The standard InChI is InChI=1S/C18H21ClN2O4/c19-14-7-5-11(6-8-14)15(18(24)25)20-16(22)13-2-1-9-21(10-13)17(23)12-3-4-12/h5-8,12-13,15H,1-4,9-10H2,(H,20,22)(H,24,25). The number of piperidine rings is 1. The van der Waals surface area contributed by atoms with E-state index in [0.29, 0.717) is 30.1 Å². The molecule has 1 saturated carbocycles. The average molecular weight is 365 g/mol. The summed E-state index contributed by atoms with van der Waals surface area (Å²) in [5.74, 6) is -1.56. The first-order valence-electron chi connectivity index (χ1n) is 8.53. The van der Waals surface area contributed by atoms with Gasteiger partial charge in [-0.2, -0.15) is 0 Å². The van der Waals surface area contributed by atoms with Crippen molar-refractivity contribution in [2.45, 2.75) is 31.7 Å². The summed E-state index contributed by atoms with van der Waals surface area (Å²) in [5, 5.41) is 12.6. The molecule has 3 rings (SSSR count). The van der Waals surface area contributed by atoms with Gasteiger partial charge in [0.05, 0.1) is 5.92 Å². The van der Waals surface area contributed by atoms with Gasteiger partial charge in [-0.25, -0.2) is 4.79 Å². The van der Waals surface area contributed by atoms with Gasteiger partial charge in [0.2, 0.25) is 11.8 Å². The lowest BCUT2D eigenvalue weighted by Crippen LogP contribution is -2.47. The number of benzene rings is 1. The summed E-state index contributed by atoms with van der Waals surface area (Å²) in [6.07, 6.45) is 3.29. The van der Waals surface area contributed by atoms with Crippen LogP contribution in [0.25, 0.3) is 0 Å². The fourth-order valence-corrected chi connectivity index (χ4v) is 3.31. The first kappa shape index (κ1) is 17.7. The van der Waals surface area contributed by atoms with Gasteiger partial charge in [0.15, 0.2) is 6.04 Å². The largest absolute Gasteiger partial charge is 0.479 e. The van der Waals surface area contributed by atoms with E-state index in [1.807, 2.05) is 0 Å². The van der Waals surface area contributed by atoms with E-state index in [0.717, 1.165) is 19.3 Å². The van der Waals surface area contributed by atoms with E-state index in [4.69, 9.17) is 11.6 Å². The molecule has 1 aromatic carbocycles. The van der Waals surface area contributed by atoms with E-state index in [1.54, 1.807) is 29.2 Å². The molecule has 0 aromatic heterocycles. The topological polar surface area (TPSA) is 86.7 Å². The van der Waals surface area contributed by atoms with Crippen molar-refractivity contribution in [3.63, 3.8) is 0 Å². The van der Waals surface area contributed by atoms with Crippen molar-refractivity contribution < 1.29 is 19.5 Å². The summed E-state index contributed by atoms with van der Waals surface area (Å²) < 4.78 is 0. The van der Waals surface area contributed by atoms with Crippen molar-refractivity contribution in [1.29, 1.82) is 0 Å². The van der Waals surface area contributed by atoms with Gasteiger partial charge < -0.3 is 15.3 Å². The number of aliphatic carboxylic acids is 1. The molecule has 2 fully saturated rings. The number of hydrogen-bond acceptors (Lipinski definition) is 3. The number of hydrogen-bond donors (Lipinski definition) is 2. The molecule has 2 amide bonds. The van der Waals surface area contributed by atoms with E-state index in [9.17, 15) is 19.5 Å². The van der Waals surface area contributed by atoms with Crippen LogP contribution in [0.15, 0.2) is 24.3 Å². The van der Waals surface area contributed by atoms with Gasteiger partial charge in [0.25, 0.3) is 0 Å². The number of carboxylic acids is 1. The number of nitrogens with zero attached hydrogens (tertiary/aromatic N) is 1. The van der Waals surface area contributed by atoms with E-state index in [1.165, 1.54) is 0 Å². The Bertz CT molecular complexity index is 672. The smallest absolute Gasteiger partial charge is 0.330 e. The van der Waals surface area contributed by atoms with Crippen LogP contribution < -0.4 is 5.32 Å². The highest BCUT2D eigenvalue weighted by molar-refractivity contribution is 6.30. The van der Waals surface area contributed by atoms with Crippen LogP contribution in [-0.4, -0.2) is 40.9 Å². The number of rotatable bonds is 5. The molecule has 0 bridgehead atoms. The lowest BCUT2D eigenvalue weighted by atomic mass is 9.95. The molecule has 0 spiro atoms. The zero-order valence-corrected chi connectivity index (χ0v) is 14.5. The van der Waals surface area contributed by atoms with Crippen LogP contribution in [0.5, 0.6) is 0 Å². The Kier molecular flexibility index (Phi) is 5.27. The van der Waals surface area contributed by atoms with Crippen molar-refractivity contribution in [2.75, 3.05) is 13.1 Å². The second-order valence-corrected chi connectivity index (χ2v) is 7.17. The van der Waals surface area contributed by atoms with Gasteiger partial charge in [0, 0.05) is 24.0 Å². The highest BCUT2D eigenvalue weighted by atomic mass is 35.5. The summed E-state index contributed by atoms with van der Waals surface area (Å²) in [5.41, 5.74) is 0.465. The number of nitrogens with one attached hydrogen (secondary N) is 1. The summed E-state index contributed by atoms with van der Waals surface area (Å²) >= 11 is 5.83. The van der Waals surface area contributed by atoms with Gasteiger partial charge in [-0.3, -0.25) is 9.59 Å². The molecule has 2 N–H and O–H groups in total. The molecule has 2 aliphatic rings. The predicted molar refractivity (Wildman–Crippen MR) is 92.0 cm³/mol. The fraction of sp³-hybridized carbons (Fsp3) is 0.500. The maximum atomic E-state index is 12.6. The van der Waals surface area contributed by atoms with Crippen LogP contribution in [0.3, 0.4) is 0 Å². The van der Waals surface area contributed by atoms with Crippen LogP contribution in [0, 0.1) is 11.8 Å². The molecular weight excluding hydrogens is 344 g/mol. The number of amides is 2. The summed E-state index contributed by atoms with van der Waals surface area (Å²) in [4.78, 5) is 38.1. The third kappa shape index (κ3) is 4.31. The average Bonchev–Trinajstić information content (AvgIpc) is 3.44. The van der Waals surface area contributed by atoms with Crippen LogP contribution in [-0.2, 0) is 14.4 Å². The van der Waals surface area contributed by atoms with Crippen molar-refractivity contribution in [1.82, 2.24) is 10.2 Å². The van der Waals surface area contributed by atoms with E-state index in [2.05, 4.69) is 5.32 Å². The molecule has 134 valence electrons. The van der Waals surface area contributed by atoms with Crippen molar-refractivity contribution >= 4 is 29.4 Å². The normalized spacial score (nSPS) is 21.5. The molecule has 1 heterocycles. The molecule has 1 aliphatic heterocycles. The Labute approximate surface area is 151 Å². The Morgan fingerprint density at radius 3 is 2.40 bits per heavy atom. The fourth-order valence-electron chi connectivity index (χ4n) is 3.18. The minimum Gasteiger partial charge on any atom is -0.479 e. The Morgan fingerprint density at radius 2 is 1.80 bits per heavy atom. The summed E-state index contributed by atoms with van der Waals surface area (Å²) in [6, 6.07) is 5.24. The van der Waals surface area contributed by atoms with E-state index >= 15 is 0 Å². The SMILES string of the molecule is O=C(NC(C(=O)O)c1ccc(Cl)cc1)C1CCCN(C(=O)C2CC2)C1. The third-order valence-electron chi connectivity index (χ3n) is 4.77. The van der Waals surface area contributed by atoms with Crippen LogP contribution in [0.1, 0.15) is 37.3 Å². The first-order valence-corrected chi connectivity index (χ1v) is 8.91. The van der Waals surface area contributed by atoms with Gasteiger partial charge in [-0.15, -0.1) is 0 Å². The van der Waals surface area contributed by atoms with E-state index < -0.39 is 12.0 Å². The summed E-state index contributed by atoms with van der Waals surface area (Å²) in [6.45, 7) is 1.05. The Morgan fingerprint density at radius 1 is 1.12 bits per heavy atom. The van der Waals surface area contributed by atoms with Crippen LogP contribution >= 0.6 is 11.6 Å². The molecule has 2 atom stereocenters. The predicted octanol–water partition coefficient (Wildman–Crippen LogP) is 2.23. The zero-order valence-electron chi connectivity index (χ0n) is 13.8. The van der Waals surface area contributed by atoms with Gasteiger partial charge in [-0.1, -0.05) is 23.7 Å². The second kappa shape index (κ2) is 7.44. The van der Waals surface area contributed by atoms with Crippen LogP contribution in [0.2, 0.25) is 5.02 Å². The minimum atomic E-state index is -1.13. The molecule has 6 nitrogen and oxygen atoms in total. The quantitative estimate of drug-likeness (QED) is 0.838. The molecular formula is C18H21ClN2O4. The number of carbonyl (C=O) groups is 3. The highest BCUT2D eigenvalue weighted by Gasteiger charge is 2.37. The Hall–Kier alpha value is -2.08. The molecule has 1 saturated heterocycles. The molecule has 25 heavy (non-hydrogen) atoms. The summed E-state index contributed by atoms with van der Waals surface area (Å²) in [7, 11) is 0. The third-order valence-corrected chi connectivity index (χ3v) is 5.02. The second-order valence-electron chi connectivity index (χ2n) is 6.73. The monoisotopic (exact) mass is 364 g/mol. The number of carboxylic acid groups (broad SMARTS) is 1. The zero-order chi connectivity index (χ0) is 18.0. The van der Waals surface area contributed by atoms with E-state index in [-0.39, 0.29) is 23.7 Å². The highest BCUT2D eigenvalue weighted by Crippen LogP contribution is 2.32. The molecule has 2 unspecified atom stereocenters.